The number of hydrogen-bond donors (Lipinski definition) is 1. The van der Waals surface area contributed by atoms with Crippen LogP contribution in [0.5, 0.6) is 0 Å². The van der Waals surface area contributed by atoms with Gasteiger partial charge < -0.3 is 10.5 Å². The monoisotopic (exact) mass is 171 g/mol. The van der Waals surface area contributed by atoms with Gasteiger partial charge in [-0.25, -0.2) is 0 Å². The van der Waals surface area contributed by atoms with Crippen molar-refractivity contribution in [3.05, 3.63) is 0 Å². The van der Waals surface area contributed by atoms with Crippen molar-refractivity contribution in [3.8, 4) is 0 Å². The molecule has 0 saturated heterocycles. The standard InChI is InChI=1S/C10H21NO/c1-10(2,3)12-7-9(11)6-8-4-5-8/h8-9H,4-7,11H2,1-3H3. The molecule has 0 radical (unpaired) electrons. The third-order valence-electron chi connectivity index (χ3n) is 2.06. The molecule has 0 aromatic carbocycles. The lowest BCUT2D eigenvalue weighted by atomic mass is 10.1. The molecule has 0 aromatic rings. The zero-order valence-corrected chi connectivity index (χ0v) is 8.47. The van der Waals surface area contributed by atoms with Crippen LogP contribution in [-0.2, 0) is 4.74 Å². The summed E-state index contributed by atoms with van der Waals surface area (Å²) in [6.45, 7) is 6.91. The second-order valence-electron chi connectivity index (χ2n) is 4.86. The summed E-state index contributed by atoms with van der Waals surface area (Å²) in [6.07, 6.45) is 3.91. The lowest BCUT2D eigenvalue weighted by Crippen LogP contribution is -2.32. The van der Waals surface area contributed by atoms with Crippen LogP contribution in [0.1, 0.15) is 40.0 Å². The van der Waals surface area contributed by atoms with Gasteiger partial charge in [0, 0.05) is 6.04 Å². The van der Waals surface area contributed by atoms with Gasteiger partial charge in [0.1, 0.15) is 0 Å². The van der Waals surface area contributed by atoms with E-state index in [0.29, 0.717) is 6.61 Å². The Morgan fingerprint density at radius 2 is 2.00 bits per heavy atom. The van der Waals surface area contributed by atoms with E-state index in [1.165, 1.54) is 12.8 Å². The molecule has 1 aliphatic carbocycles. The van der Waals surface area contributed by atoms with E-state index in [2.05, 4.69) is 20.8 Å². The van der Waals surface area contributed by atoms with Crippen LogP contribution in [-0.4, -0.2) is 18.2 Å². The van der Waals surface area contributed by atoms with Crippen molar-refractivity contribution in [2.75, 3.05) is 6.61 Å². The molecular formula is C10H21NO. The summed E-state index contributed by atoms with van der Waals surface area (Å²) in [7, 11) is 0. The van der Waals surface area contributed by atoms with Crippen LogP contribution < -0.4 is 5.73 Å². The fourth-order valence-electron chi connectivity index (χ4n) is 1.21. The van der Waals surface area contributed by atoms with Gasteiger partial charge in [-0.3, -0.25) is 0 Å². The van der Waals surface area contributed by atoms with E-state index in [-0.39, 0.29) is 11.6 Å². The van der Waals surface area contributed by atoms with Crippen LogP contribution in [0.4, 0.5) is 0 Å². The molecule has 72 valence electrons. The molecule has 1 aliphatic rings. The van der Waals surface area contributed by atoms with E-state index in [1.54, 1.807) is 0 Å². The van der Waals surface area contributed by atoms with Crippen molar-refractivity contribution in [3.63, 3.8) is 0 Å². The van der Waals surface area contributed by atoms with Crippen molar-refractivity contribution in [1.82, 2.24) is 0 Å². The molecule has 2 N–H and O–H groups in total. The number of rotatable bonds is 4. The van der Waals surface area contributed by atoms with Crippen LogP contribution in [0.2, 0.25) is 0 Å². The highest BCUT2D eigenvalue weighted by Crippen LogP contribution is 2.33. The first-order valence-electron chi connectivity index (χ1n) is 4.87. The lowest BCUT2D eigenvalue weighted by molar-refractivity contribution is -0.0113. The molecule has 0 heterocycles. The van der Waals surface area contributed by atoms with E-state index < -0.39 is 0 Å². The zero-order chi connectivity index (χ0) is 9.19. The first kappa shape index (κ1) is 10.0. The molecule has 1 unspecified atom stereocenters. The second kappa shape index (κ2) is 3.75. The molecule has 0 spiro atoms. The largest absolute Gasteiger partial charge is 0.374 e. The van der Waals surface area contributed by atoms with Gasteiger partial charge in [0.2, 0.25) is 0 Å². The molecule has 1 atom stereocenters. The topological polar surface area (TPSA) is 35.2 Å². The van der Waals surface area contributed by atoms with E-state index in [4.69, 9.17) is 10.5 Å². The summed E-state index contributed by atoms with van der Waals surface area (Å²) in [5, 5.41) is 0. The van der Waals surface area contributed by atoms with E-state index >= 15 is 0 Å². The first-order valence-corrected chi connectivity index (χ1v) is 4.87. The Morgan fingerprint density at radius 3 is 2.42 bits per heavy atom. The van der Waals surface area contributed by atoms with Crippen molar-refractivity contribution in [2.24, 2.45) is 11.7 Å². The van der Waals surface area contributed by atoms with Gasteiger partial charge in [0.05, 0.1) is 12.2 Å². The second-order valence-corrected chi connectivity index (χ2v) is 4.86. The maximum atomic E-state index is 5.90. The predicted molar refractivity (Wildman–Crippen MR) is 51.0 cm³/mol. The van der Waals surface area contributed by atoms with Crippen LogP contribution in [0.25, 0.3) is 0 Å². The Balaban J connectivity index is 2.04. The fourth-order valence-corrected chi connectivity index (χ4v) is 1.21. The molecule has 0 amide bonds. The van der Waals surface area contributed by atoms with Gasteiger partial charge >= 0.3 is 0 Å². The Hall–Kier alpha value is -0.0800. The summed E-state index contributed by atoms with van der Waals surface area (Å²) in [5.74, 6) is 0.906. The number of ether oxygens (including phenoxy) is 1. The molecule has 12 heavy (non-hydrogen) atoms. The number of nitrogens with two attached hydrogens (primary N) is 1. The van der Waals surface area contributed by atoms with Gasteiger partial charge in [-0.1, -0.05) is 12.8 Å². The van der Waals surface area contributed by atoms with E-state index in [0.717, 1.165) is 12.3 Å². The molecule has 1 fully saturated rings. The summed E-state index contributed by atoms with van der Waals surface area (Å²) >= 11 is 0. The highest BCUT2D eigenvalue weighted by atomic mass is 16.5. The average molecular weight is 171 g/mol. The van der Waals surface area contributed by atoms with E-state index in [9.17, 15) is 0 Å². The average Bonchev–Trinajstić information content (AvgIpc) is 2.66. The minimum absolute atomic E-state index is 0.0405. The van der Waals surface area contributed by atoms with Gasteiger partial charge in [-0.05, 0) is 33.1 Å². The Labute approximate surface area is 75.5 Å². The zero-order valence-electron chi connectivity index (χ0n) is 8.47. The van der Waals surface area contributed by atoms with Crippen molar-refractivity contribution < 1.29 is 4.74 Å². The predicted octanol–water partition coefficient (Wildman–Crippen LogP) is 1.93. The van der Waals surface area contributed by atoms with Crippen LogP contribution in [0.3, 0.4) is 0 Å². The molecule has 0 aromatic heterocycles. The molecule has 1 saturated carbocycles. The van der Waals surface area contributed by atoms with Gasteiger partial charge in [-0.2, -0.15) is 0 Å². The molecule has 1 rings (SSSR count). The summed E-state index contributed by atoms with van der Waals surface area (Å²) in [4.78, 5) is 0. The quantitative estimate of drug-likeness (QED) is 0.701. The Bertz CT molecular complexity index is 135. The van der Waals surface area contributed by atoms with Crippen LogP contribution in [0.15, 0.2) is 0 Å². The summed E-state index contributed by atoms with van der Waals surface area (Å²) < 4.78 is 5.59. The van der Waals surface area contributed by atoms with Gasteiger partial charge in [0.15, 0.2) is 0 Å². The summed E-state index contributed by atoms with van der Waals surface area (Å²) in [6, 6.07) is 0.247. The van der Waals surface area contributed by atoms with Crippen LogP contribution >= 0.6 is 0 Å². The third-order valence-corrected chi connectivity index (χ3v) is 2.06. The van der Waals surface area contributed by atoms with Gasteiger partial charge in [-0.15, -0.1) is 0 Å². The molecule has 2 heteroatoms. The fraction of sp³-hybridized carbons (Fsp3) is 1.00. The minimum atomic E-state index is -0.0405. The Morgan fingerprint density at radius 1 is 1.42 bits per heavy atom. The van der Waals surface area contributed by atoms with Crippen molar-refractivity contribution in [2.45, 2.75) is 51.7 Å². The SMILES string of the molecule is CC(C)(C)OCC(N)CC1CC1. The van der Waals surface area contributed by atoms with Crippen LogP contribution in [0, 0.1) is 5.92 Å². The van der Waals surface area contributed by atoms with E-state index in [1.807, 2.05) is 0 Å². The number of hydrogen-bond acceptors (Lipinski definition) is 2. The van der Waals surface area contributed by atoms with Crippen molar-refractivity contribution in [1.29, 1.82) is 0 Å². The first-order chi connectivity index (χ1) is 5.47. The lowest BCUT2D eigenvalue weighted by Gasteiger charge is -2.22. The summed E-state index contributed by atoms with van der Waals surface area (Å²) in [5.41, 5.74) is 5.86. The maximum absolute atomic E-state index is 5.90. The molecule has 0 aliphatic heterocycles. The smallest absolute Gasteiger partial charge is 0.0624 e. The maximum Gasteiger partial charge on any atom is 0.0624 e. The van der Waals surface area contributed by atoms with Gasteiger partial charge in [0.25, 0.3) is 0 Å². The normalized spacial score (nSPS) is 21.0. The molecule has 0 bridgehead atoms. The van der Waals surface area contributed by atoms with Crippen molar-refractivity contribution >= 4 is 0 Å². The molecular weight excluding hydrogens is 150 g/mol. The highest BCUT2D eigenvalue weighted by molar-refractivity contribution is 4.78. The third kappa shape index (κ3) is 4.73. The molecule has 2 nitrogen and oxygen atoms in total. The highest BCUT2D eigenvalue weighted by Gasteiger charge is 2.24. The Kier molecular flexibility index (Phi) is 3.13. The minimum Gasteiger partial charge on any atom is -0.374 e.